The minimum absolute atomic E-state index is 0.130. The number of esters is 1. The van der Waals surface area contributed by atoms with Gasteiger partial charge in [0.1, 0.15) is 5.75 Å². The molecule has 0 bridgehead atoms. The van der Waals surface area contributed by atoms with Crippen molar-refractivity contribution in [2.24, 2.45) is 5.73 Å². The number of carbonyl (C=O) groups excluding carboxylic acids is 3. The lowest BCUT2D eigenvalue weighted by molar-refractivity contribution is -0.150. The standard InChI is InChI=1S/C16H22N2O5/c1-16(2,3)11-6-4-5-7-12(11)22-10-15(21)23-9-14(20)18-8-13(17)19/h4-7H,8-10H2,1-3H3,(H2,17,19)(H,18,20). The van der Waals surface area contributed by atoms with E-state index in [4.69, 9.17) is 15.2 Å². The molecule has 0 aromatic heterocycles. The Balaban J connectivity index is 2.45. The molecule has 3 N–H and O–H groups in total. The van der Waals surface area contributed by atoms with Crippen LogP contribution in [0.25, 0.3) is 0 Å². The average Bonchev–Trinajstić information content (AvgIpc) is 2.48. The Morgan fingerprint density at radius 2 is 1.78 bits per heavy atom. The number of hydrogen-bond acceptors (Lipinski definition) is 5. The number of nitrogens with one attached hydrogen (secondary N) is 1. The lowest BCUT2D eigenvalue weighted by Gasteiger charge is -2.22. The molecule has 0 saturated heterocycles. The van der Waals surface area contributed by atoms with Gasteiger partial charge in [-0.3, -0.25) is 9.59 Å². The first-order chi connectivity index (χ1) is 10.7. The molecule has 0 unspecified atom stereocenters. The van der Waals surface area contributed by atoms with Crippen LogP contribution in [0.1, 0.15) is 26.3 Å². The van der Waals surface area contributed by atoms with E-state index < -0.39 is 24.4 Å². The van der Waals surface area contributed by atoms with Gasteiger partial charge in [0.2, 0.25) is 5.91 Å². The van der Waals surface area contributed by atoms with Gasteiger partial charge in [-0.05, 0) is 17.0 Å². The number of benzene rings is 1. The van der Waals surface area contributed by atoms with Crippen LogP contribution in [0.15, 0.2) is 24.3 Å². The lowest BCUT2D eigenvalue weighted by Crippen LogP contribution is -2.36. The third-order valence-electron chi connectivity index (χ3n) is 2.86. The number of nitrogens with two attached hydrogens (primary N) is 1. The summed E-state index contributed by atoms with van der Waals surface area (Å²) in [6.07, 6.45) is 0. The summed E-state index contributed by atoms with van der Waals surface area (Å²) < 4.78 is 10.2. The Hall–Kier alpha value is -2.57. The van der Waals surface area contributed by atoms with E-state index in [-0.39, 0.29) is 18.6 Å². The van der Waals surface area contributed by atoms with Crippen molar-refractivity contribution >= 4 is 17.8 Å². The van der Waals surface area contributed by atoms with E-state index >= 15 is 0 Å². The van der Waals surface area contributed by atoms with Gasteiger partial charge < -0.3 is 20.5 Å². The van der Waals surface area contributed by atoms with Crippen molar-refractivity contribution in [2.75, 3.05) is 19.8 Å². The Morgan fingerprint density at radius 3 is 2.39 bits per heavy atom. The summed E-state index contributed by atoms with van der Waals surface area (Å²) in [5, 5.41) is 2.21. The fraction of sp³-hybridized carbons (Fsp3) is 0.438. The molecular weight excluding hydrogens is 300 g/mol. The van der Waals surface area contributed by atoms with Crippen molar-refractivity contribution in [3.63, 3.8) is 0 Å². The maximum atomic E-state index is 11.6. The van der Waals surface area contributed by atoms with Gasteiger partial charge in [0, 0.05) is 0 Å². The molecule has 23 heavy (non-hydrogen) atoms. The van der Waals surface area contributed by atoms with Crippen LogP contribution in [0.4, 0.5) is 0 Å². The molecule has 0 aliphatic carbocycles. The molecule has 1 rings (SSSR count). The molecule has 0 saturated carbocycles. The zero-order chi connectivity index (χ0) is 17.5. The molecule has 2 amide bonds. The second-order valence-corrected chi connectivity index (χ2v) is 5.94. The molecule has 0 heterocycles. The Kier molecular flexibility index (Phi) is 6.56. The predicted molar refractivity (Wildman–Crippen MR) is 83.8 cm³/mol. The first kappa shape index (κ1) is 18.5. The third-order valence-corrected chi connectivity index (χ3v) is 2.86. The van der Waals surface area contributed by atoms with Gasteiger partial charge in [-0.25, -0.2) is 4.79 Å². The van der Waals surface area contributed by atoms with Crippen LogP contribution in [0.3, 0.4) is 0 Å². The average molecular weight is 322 g/mol. The zero-order valence-corrected chi connectivity index (χ0v) is 13.5. The van der Waals surface area contributed by atoms with E-state index in [1.165, 1.54) is 0 Å². The highest BCUT2D eigenvalue weighted by Gasteiger charge is 2.19. The van der Waals surface area contributed by atoms with E-state index in [2.05, 4.69) is 5.32 Å². The highest BCUT2D eigenvalue weighted by molar-refractivity contribution is 5.85. The lowest BCUT2D eigenvalue weighted by atomic mass is 9.86. The van der Waals surface area contributed by atoms with Crippen molar-refractivity contribution in [1.82, 2.24) is 5.32 Å². The molecule has 0 spiro atoms. The van der Waals surface area contributed by atoms with Crippen LogP contribution in [-0.2, 0) is 24.5 Å². The normalized spacial score (nSPS) is 10.7. The van der Waals surface area contributed by atoms with Gasteiger partial charge in [-0.2, -0.15) is 0 Å². The van der Waals surface area contributed by atoms with E-state index in [1.807, 2.05) is 39.0 Å². The van der Waals surface area contributed by atoms with Crippen LogP contribution in [-0.4, -0.2) is 37.5 Å². The second-order valence-electron chi connectivity index (χ2n) is 5.94. The van der Waals surface area contributed by atoms with Gasteiger partial charge in [0.15, 0.2) is 13.2 Å². The van der Waals surface area contributed by atoms with Crippen LogP contribution in [0.2, 0.25) is 0 Å². The monoisotopic (exact) mass is 322 g/mol. The van der Waals surface area contributed by atoms with E-state index in [9.17, 15) is 14.4 Å². The topological polar surface area (TPSA) is 108 Å². The molecule has 0 aliphatic heterocycles. The van der Waals surface area contributed by atoms with Crippen LogP contribution >= 0.6 is 0 Å². The molecule has 0 fully saturated rings. The van der Waals surface area contributed by atoms with Gasteiger partial charge >= 0.3 is 5.97 Å². The number of primary amides is 1. The highest BCUT2D eigenvalue weighted by atomic mass is 16.6. The molecule has 1 aromatic rings. The Labute approximate surface area is 135 Å². The number of hydrogen-bond donors (Lipinski definition) is 2. The minimum Gasteiger partial charge on any atom is -0.482 e. The Bertz CT molecular complexity index is 578. The molecule has 0 radical (unpaired) electrons. The number of para-hydroxylation sites is 1. The van der Waals surface area contributed by atoms with Crippen molar-refractivity contribution in [3.8, 4) is 5.75 Å². The van der Waals surface area contributed by atoms with Gasteiger partial charge in [0.05, 0.1) is 6.54 Å². The van der Waals surface area contributed by atoms with Crippen LogP contribution < -0.4 is 15.8 Å². The minimum atomic E-state index is -0.678. The summed E-state index contributed by atoms with van der Waals surface area (Å²) in [6, 6.07) is 7.41. The second kappa shape index (κ2) is 8.17. The molecule has 7 heteroatoms. The smallest absolute Gasteiger partial charge is 0.344 e. The summed E-state index contributed by atoms with van der Waals surface area (Å²) in [5.74, 6) is -1.36. The van der Waals surface area contributed by atoms with Crippen molar-refractivity contribution in [2.45, 2.75) is 26.2 Å². The van der Waals surface area contributed by atoms with Gasteiger partial charge in [-0.15, -0.1) is 0 Å². The summed E-state index contributed by atoms with van der Waals surface area (Å²) in [7, 11) is 0. The number of carbonyl (C=O) groups is 3. The summed E-state index contributed by atoms with van der Waals surface area (Å²) in [5.41, 5.74) is 5.71. The fourth-order valence-electron chi connectivity index (χ4n) is 1.77. The van der Waals surface area contributed by atoms with Gasteiger partial charge in [0.25, 0.3) is 5.91 Å². The molecular formula is C16H22N2O5. The third kappa shape index (κ3) is 6.82. The summed E-state index contributed by atoms with van der Waals surface area (Å²) >= 11 is 0. The molecule has 0 atom stereocenters. The molecule has 7 nitrogen and oxygen atoms in total. The van der Waals surface area contributed by atoms with Crippen LogP contribution in [0.5, 0.6) is 5.75 Å². The van der Waals surface area contributed by atoms with Crippen molar-refractivity contribution in [1.29, 1.82) is 0 Å². The first-order valence-corrected chi connectivity index (χ1v) is 7.13. The predicted octanol–water partition coefficient (Wildman–Crippen LogP) is 0.508. The van der Waals surface area contributed by atoms with E-state index in [1.54, 1.807) is 6.07 Å². The van der Waals surface area contributed by atoms with Gasteiger partial charge in [-0.1, -0.05) is 39.0 Å². The van der Waals surface area contributed by atoms with Crippen LogP contribution in [0, 0.1) is 0 Å². The summed E-state index contributed by atoms with van der Waals surface area (Å²) in [6.45, 7) is 5.02. The largest absolute Gasteiger partial charge is 0.482 e. The van der Waals surface area contributed by atoms with E-state index in [0.717, 1.165) is 5.56 Å². The zero-order valence-electron chi connectivity index (χ0n) is 13.5. The maximum Gasteiger partial charge on any atom is 0.344 e. The first-order valence-electron chi connectivity index (χ1n) is 7.13. The van der Waals surface area contributed by atoms with E-state index in [0.29, 0.717) is 5.75 Å². The Morgan fingerprint density at radius 1 is 1.13 bits per heavy atom. The molecule has 126 valence electrons. The highest BCUT2D eigenvalue weighted by Crippen LogP contribution is 2.30. The van der Waals surface area contributed by atoms with Crippen molar-refractivity contribution in [3.05, 3.63) is 29.8 Å². The number of amides is 2. The number of rotatable bonds is 7. The maximum absolute atomic E-state index is 11.6. The SMILES string of the molecule is CC(C)(C)c1ccccc1OCC(=O)OCC(=O)NCC(N)=O. The summed E-state index contributed by atoms with van der Waals surface area (Å²) in [4.78, 5) is 33.4. The molecule has 0 aliphatic rings. The molecule has 1 aromatic carbocycles. The number of ether oxygens (including phenoxy) is 2. The fourth-order valence-corrected chi connectivity index (χ4v) is 1.77. The quantitative estimate of drug-likeness (QED) is 0.711. The van der Waals surface area contributed by atoms with Crippen molar-refractivity contribution < 1.29 is 23.9 Å².